The zero-order valence-corrected chi connectivity index (χ0v) is 11.7. The maximum atomic E-state index is 10.7. The number of halogens is 1. The Morgan fingerprint density at radius 1 is 1.58 bits per heavy atom. The summed E-state index contributed by atoms with van der Waals surface area (Å²) in [6.07, 6.45) is 2.38. The number of nitrogens with zero attached hydrogens (tertiary/aromatic N) is 2. The van der Waals surface area contributed by atoms with Gasteiger partial charge in [-0.3, -0.25) is 10.1 Å². The Balaban J connectivity index is 1.98. The van der Waals surface area contributed by atoms with Crippen LogP contribution in [0.5, 0.6) is 0 Å². The van der Waals surface area contributed by atoms with E-state index in [-0.39, 0.29) is 5.69 Å². The van der Waals surface area contributed by atoms with E-state index in [0.29, 0.717) is 16.6 Å². The number of nitro benzene ring substituents is 1. The average molecular weight is 284 g/mol. The van der Waals surface area contributed by atoms with Gasteiger partial charge in [0, 0.05) is 25.2 Å². The first-order chi connectivity index (χ1) is 9.06. The average Bonchev–Trinajstić information content (AvgIpc) is 2.37. The van der Waals surface area contributed by atoms with Crippen LogP contribution < -0.4 is 5.32 Å². The van der Waals surface area contributed by atoms with E-state index in [2.05, 4.69) is 17.3 Å². The molecule has 1 saturated heterocycles. The highest BCUT2D eigenvalue weighted by Gasteiger charge is 2.17. The lowest BCUT2D eigenvalue weighted by Gasteiger charge is -2.30. The van der Waals surface area contributed by atoms with Gasteiger partial charge in [0.1, 0.15) is 0 Å². The lowest BCUT2D eigenvalue weighted by atomic mass is 9.98. The van der Waals surface area contributed by atoms with Crippen LogP contribution in [0.15, 0.2) is 18.2 Å². The van der Waals surface area contributed by atoms with Crippen molar-refractivity contribution in [2.24, 2.45) is 5.92 Å². The van der Waals surface area contributed by atoms with Crippen molar-refractivity contribution in [1.29, 1.82) is 0 Å². The first kappa shape index (κ1) is 14.1. The summed E-state index contributed by atoms with van der Waals surface area (Å²) >= 11 is 6.05. The van der Waals surface area contributed by atoms with E-state index in [1.54, 1.807) is 6.07 Å². The molecule has 0 amide bonds. The molecular weight excluding hydrogens is 266 g/mol. The monoisotopic (exact) mass is 283 g/mol. The minimum Gasteiger partial charge on any atom is -0.383 e. The van der Waals surface area contributed by atoms with Crippen molar-refractivity contribution in [2.75, 3.05) is 32.0 Å². The molecule has 0 aromatic heterocycles. The van der Waals surface area contributed by atoms with Crippen molar-refractivity contribution in [3.63, 3.8) is 0 Å². The number of nitro groups is 1. The minimum absolute atomic E-state index is 0.0627. The van der Waals surface area contributed by atoms with Gasteiger partial charge in [-0.15, -0.1) is 0 Å². The first-order valence-electron chi connectivity index (χ1n) is 6.42. The van der Waals surface area contributed by atoms with Crippen LogP contribution in [0.2, 0.25) is 5.02 Å². The molecule has 1 unspecified atom stereocenters. The number of likely N-dealkylation sites (tertiary alicyclic amines) is 1. The van der Waals surface area contributed by atoms with Gasteiger partial charge in [-0.1, -0.05) is 11.6 Å². The molecular formula is C13H18ClN3O2. The summed E-state index contributed by atoms with van der Waals surface area (Å²) in [4.78, 5) is 12.6. The molecule has 1 aromatic carbocycles. The molecule has 1 heterocycles. The highest BCUT2D eigenvalue weighted by molar-refractivity contribution is 6.33. The Hall–Kier alpha value is -1.33. The third-order valence-electron chi connectivity index (χ3n) is 3.46. The van der Waals surface area contributed by atoms with E-state index in [1.807, 2.05) is 0 Å². The number of benzene rings is 1. The van der Waals surface area contributed by atoms with E-state index < -0.39 is 4.92 Å². The Kier molecular flexibility index (Phi) is 4.61. The maximum absolute atomic E-state index is 10.7. The van der Waals surface area contributed by atoms with Gasteiger partial charge in [0.15, 0.2) is 0 Å². The molecule has 1 N–H and O–H groups in total. The summed E-state index contributed by atoms with van der Waals surface area (Å²) in [7, 11) is 2.12. The largest absolute Gasteiger partial charge is 0.383 e. The SMILES string of the molecule is CN1CCCC(CNc2cc([N+](=O)[O-])ccc2Cl)C1. The Labute approximate surface area is 117 Å². The molecule has 0 aliphatic carbocycles. The predicted molar refractivity (Wildman–Crippen MR) is 76.8 cm³/mol. The first-order valence-corrected chi connectivity index (χ1v) is 6.80. The highest BCUT2D eigenvalue weighted by Crippen LogP contribution is 2.27. The van der Waals surface area contributed by atoms with Crippen molar-refractivity contribution < 1.29 is 4.92 Å². The Morgan fingerprint density at radius 3 is 3.05 bits per heavy atom. The Morgan fingerprint density at radius 2 is 2.37 bits per heavy atom. The fourth-order valence-electron chi connectivity index (χ4n) is 2.46. The zero-order valence-electron chi connectivity index (χ0n) is 10.9. The second-order valence-corrected chi connectivity index (χ2v) is 5.48. The third kappa shape index (κ3) is 3.81. The number of non-ortho nitro benzene ring substituents is 1. The second kappa shape index (κ2) is 6.21. The number of nitrogens with one attached hydrogen (secondary N) is 1. The van der Waals surface area contributed by atoms with E-state index in [0.717, 1.165) is 19.6 Å². The van der Waals surface area contributed by atoms with Crippen LogP contribution in [0.1, 0.15) is 12.8 Å². The van der Waals surface area contributed by atoms with Crippen LogP contribution in [0, 0.1) is 16.0 Å². The number of piperidine rings is 1. The van der Waals surface area contributed by atoms with E-state index in [9.17, 15) is 10.1 Å². The molecule has 1 aliphatic rings. The number of anilines is 1. The van der Waals surface area contributed by atoms with Gasteiger partial charge < -0.3 is 10.2 Å². The Bertz CT molecular complexity index is 467. The smallest absolute Gasteiger partial charge is 0.271 e. The normalized spacial score (nSPS) is 20.2. The van der Waals surface area contributed by atoms with Crippen molar-refractivity contribution in [3.8, 4) is 0 Å². The molecule has 1 atom stereocenters. The number of rotatable bonds is 4. The molecule has 1 fully saturated rings. The quantitative estimate of drug-likeness (QED) is 0.682. The van der Waals surface area contributed by atoms with Gasteiger partial charge >= 0.3 is 0 Å². The predicted octanol–water partition coefficient (Wildman–Crippen LogP) is 3.00. The summed E-state index contributed by atoms with van der Waals surface area (Å²) in [5.41, 5.74) is 0.705. The number of hydrogen-bond donors (Lipinski definition) is 1. The molecule has 0 saturated carbocycles. The van der Waals surface area contributed by atoms with Crippen LogP contribution in [-0.4, -0.2) is 36.5 Å². The molecule has 2 rings (SSSR count). The molecule has 0 bridgehead atoms. The fraction of sp³-hybridized carbons (Fsp3) is 0.538. The summed E-state index contributed by atoms with van der Waals surface area (Å²) in [5.74, 6) is 0.564. The van der Waals surface area contributed by atoms with Crippen LogP contribution in [-0.2, 0) is 0 Å². The van der Waals surface area contributed by atoms with Crippen LogP contribution >= 0.6 is 11.6 Å². The van der Waals surface area contributed by atoms with E-state index in [1.165, 1.54) is 25.0 Å². The van der Waals surface area contributed by atoms with E-state index in [4.69, 9.17) is 11.6 Å². The van der Waals surface area contributed by atoms with Gasteiger partial charge in [-0.05, 0) is 38.4 Å². The standard InChI is InChI=1S/C13H18ClN3O2/c1-16-6-2-3-10(9-16)8-15-13-7-11(17(18)19)4-5-12(13)14/h4-5,7,10,15H,2-3,6,8-9H2,1H3. The summed E-state index contributed by atoms with van der Waals surface area (Å²) in [6, 6.07) is 4.48. The van der Waals surface area contributed by atoms with Crippen molar-refractivity contribution in [2.45, 2.75) is 12.8 Å². The lowest BCUT2D eigenvalue weighted by molar-refractivity contribution is -0.384. The summed E-state index contributed by atoms with van der Waals surface area (Å²) in [6.45, 7) is 3.00. The summed E-state index contributed by atoms with van der Waals surface area (Å²) < 4.78 is 0. The minimum atomic E-state index is -0.407. The van der Waals surface area contributed by atoms with Gasteiger partial charge in [0.05, 0.1) is 15.6 Å². The van der Waals surface area contributed by atoms with Crippen molar-refractivity contribution in [3.05, 3.63) is 33.3 Å². The highest BCUT2D eigenvalue weighted by atomic mass is 35.5. The van der Waals surface area contributed by atoms with Crippen molar-refractivity contribution >= 4 is 23.0 Å². The second-order valence-electron chi connectivity index (χ2n) is 5.07. The summed E-state index contributed by atoms with van der Waals surface area (Å²) in [5, 5.41) is 14.5. The zero-order chi connectivity index (χ0) is 13.8. The molecule has 19 heavy (non-hydrogen) atoms. The molecule has 5 nitrogen and oxygen atoms in total. The van der Waals surface area contributed by atoms with Crippen molar-refractivity contribution in [1.82, 2.24) is 4.90 Å². The van der Waals surface area contributed by atoms with Gasteiger partial charge in [0.25, 0.3) is 5.69 Å². The van der Waals surface area contributed by atoms with Gasteiger partial charge in [-0.25, -0.2) is 0 Å². The molecule has 0 spiro atoms. The van der Waals surface area contributed by atoms with Crippen LogP contribution in [0.4, 0.5) is 11.4 Å². The maximum Gasteiger partial charge on any atom is 0.271 e. The molecule has 1 aromatic rings. The molecule has 0 radical (unpaired) electrons. The van der Waals surface area contributed by atoms with Crippen LogP contribution in [0.25, 0.3) is 0 Å². The topological polar surface area (TPSA) is 58.4 Å². The van der Waals surface area contributed by atoms with E-state index >= 15 is 0 Å². The van der Waals surface area contributed by atoms with Gasteiger partial charge in [-0.2, -0.15) is 0 Å². The molecule has 1 aliphatic heterocycles. The van der Waals surface area contributed by atoms with Gasteiger partial charge in [0.2, 0.25) is 0 Å². The van der Waals surface area contributed by atoms with Crippen LogP contribution in [0.3, 0.4) is 0 Å². The lowest BCUT2D eigenvalue weighted by Crippen LogP contribution is -2.35. The fourth-order valence-corrected chi connectivity index (χ4v) is 2.64. The molecule has 104 valence electrons. The molecule has 6 heteroatoms. The third-order valence-corrected chi connectivity index (χ3v) is 3.79. The number of hydrogen-bond acceptors (Lipinski definition) is 4.